The van der Waals surface area contributed by atoms with Crippen LogP contribution in [0.15, 0.2) is 16.0 Å². The standard InChI is InChI=1S/C18H28N4O3SSi/c1-11(25-27(5,6)18(2,3)4)15-21-22-16(24-15)12-9-13(10-12)20-14(23)17-19-7-8-26-17/h7-8,11-13H,9-10H2,1-6H3,(H,20,23). The quantitative estimate of drug-likeness (QED) is 0.717. The summed E-state index contributed by atoms with van der Waals surface area (Å²) in [6, 6.07) is 0.127. The molecule has 1 aliphatic rings. The van der Waals surface area contributed by atoms with Crippen LogP contribution >= 0.6 is 11.3 Å². The molecule has 1 amide bonds. The van der Waals surface area contributed by atoms with Gasteiger partial charge in [0.15, 0.2) is 13.3 Å². The predicted octanol–water partition coefficient (Wildman–Crippen LogP) is 4.28. The first kappa shape index (κ1) is 20.2. The predicted molar refractivity (Wildman–Crippen MR) is 106 cm³/mol. The van der Waals surface area contributed by atoms with E-state index in [0.717, 1.165) is 12.8 Å². The van der Waals surface area contributed by atoms with E-state index in [4.69, 9.17) is 8.84 Å². The molecule has 2 heterocycles. The fourth-order valence-electron chi connectivity index (χ4n) is 2.76. The molecule has 7 nitrogen and oxygen atoms in total. The maximum Gasteiger partial charge on any atom is 0.280 e. The van der Waals surface area contributed by atoms with Gasteiger partial charge >= 0.3 is 0 Å². The molecule has 0 spiro atoms. The average molecular weight is 409 g/mol. The molecule has 0 aliphatic heterocycles. The number of aromatic nitrogens is 3. The third-order valence-corrected chi connectivity index (χ3v) is 10.9. The number of rotatable bonds is 6. The number of carbonyl (C=O) groups excluding carboxylic acids is 1. The zero-order valence-corrected chi connectivity index (χ0v) is 18.6. The Kier molecular flexibility index (Phi) is 5.56. The van der Waals surface area contributed by atoms with Crippen LogP contribution in [-0.4, -0.2) is 35.4 Å². The molecule has 9 heteroatoms. The lowest BCUT2D eigenvalue weighted by Crippen LogP contribution is -2.43. The van der Waals surface area contributed by atoms with Crippen LogP contribution < -0.4 is 5.32 Å². The van der Waals surface area contributed by atoms with Crippen LogP contribution in [0, 0.1) is 0 Å². The summed E-state index contributed by atoms with van der Waals surface area (Å²) in [5.41, 5.74) is 0. The fraction of sp³-hybridized carbons (Fsp3) is 0.667. The van der Waals surface area contributed by atoms with Gasteiger partial charge in [-0.2, -0.15) is 0 Å². The van der Waals surface area contributed by atoms with Crippen LogP contribution in [0.25, 0.3) is 0 Å². The molecule has 0 saturated heterocycles. The Bertz CT molecular complexity index is 779. The van der Waals surface area contributed by atoms with Crippen molar-refractivity contribution < 1.29 is 13.6 Å². The first-order valence-corrected chi connectivity index (χ1v) is 13.1. The number of nitrogens with zero attached hydrogens (tertiary/aromatic N) is 3. The van der Waals surface area contributed by atoms with E-state index >= 15 is 0 Å². The van der Waals surface area contributed by atoms with Crippen molar-refractivity contribution in [3.8, 4) is 0 Å². The molecule has 1 aliphatic carbocycles. The molecule has 1 N–H and O–H groups in total. The Morgan fingerprint density at radius 3 is 2.67 bits per heavy atom. The molecule has 1 fully saturated rings. The van der Waals surface area contributed by atoms with E-state index in [1.807, 2.05) is 6.92 Å². The van der Waals surface area contributed by atoms with E-state index in [2.05, 4.69) is 54.4 Å². The van der Waals surface area contributed by atoms with Gasteiger partial charge in [-0.3, -0.25) is 4.79 Å². The second-order valence-electron chi connectivity index (χ2n) is 8.67. The summed E-state index contributed by atoms with van der Waals surface area (Å²) in [6.07, 6.45) is 3.02. The van der Waals surface area contributed by atoms with Crippen LogP contribution in [0.4, 0.5) is 0 Å². The van der Waals surface area contributed by atoms with Gasteiger partial charge in [-0.05, 0) is 37.9 Å². The minimum absolute atomic E-state index is 0.115. The van der Waals surface area contributed by atoms with Gasteiger partial charge in [0.1, 0.15) is 6.10 Å². The van der Waals surface area contributed by atoms with E-state index in [1.54, 1.807) is 11.6 Å². The van der Waals surface area contributed by atoms with Crippen LogP contribution in [0.2, 0.25) is 18.1 Å². The molecule has 27 heavy (non-hydrogen) atoms. The Morgan fingerprint density at radius 2 is 2.07 bits per heavy atom. The van der Waals surface area contributed by atoms with Crippen molar-refractivity contribution in [3.05, 3.63) is 28.4 Å². The Labute approximate surface area is 165 Å². The molecule has 148 valence electrons. The first-order valence-electron chi connectivity index (χ1n) is 9.28. The van der Waals surface area contributed by atoms with Gasteiger partial charge in [-0.25, -0.2) is 4.98 Å². The molecule has 2 aromatic heterocycles. The highest BCUT2D eigenvalue weighted by molar-refractivity contribution is 7.11. The summed E-state index contributed by atoms with van der Waals surface area (Å²) in [7, 11) is -1.90. The highest BCUT2D eigenvalue weighted by Crippen LogP contribution is 2.40. The Morgan fingerprint density at radius 1 is 1.37 bits per heavy atom. The van der Waals surface area contributed by atoms with Gasteiger partial charge in [0.05, 0.1) is 0 Å². The van der Waals surface area contributed by atoms with Crippen molar-refractivity contribution in [2.24, 2.45) is 0 Å². The van der Waals surface area contributed by atoms with Gasteiger partial charge in [0.2, 0.25) is 11.8 Å². The number of amides is 1. The third-order valence-electron chi connectivity index (χ3n) is 5.53. The van der Waals surface area contributed by atoms with E-state index in [9.17, 15) is 4.79 Å². The summed E-state index contributed by atoms with van der Waals surface area (Å²) in [4.78, 5) is 16.1. The van der Waals surface area contributed by atoms with E-state index in [1.165, 1.54) is 11.3 Å². The number of nitrogens with one attached hydrogen (secondary N) is 1. The zero-order chi connectivity index (χ0) is 19.8. The fourth-order valence-corrected chi connectivity index (χ4v) is 4.64. The van der Waals surface area contributed by atoms with Gasteiger partial charge in [-0.1, -0.05) is 20.8 Å². The van der Waals surface area contributed by atoms with Crippen molar-refractivity contribution in [1.29, 1.82) is 0 Å². The monoisotopic (exact) mass is 408 g/mol. The molecule has 1 saturated carbocycles. The maximum atomic E-state index is 12.0. The summed E-state index contributed by atoms with van der Waals surface area (Å²) in [6.45, 7) is 13.0. The molecule has 1 unspecified atom stereocenters. The number of carbonyl (C=O) groups is 1. The largest absolute Gasteiger partial charge is 0.422 e. The molecule has 2 aromatic rings. The van der Waals surface area contributed by atoms with Crippen LogP contribution in [0.5, 0.6) is 0 Å². The average Bonchev–Trinajstić information content (AvgIpc) is 3.19. The van der Waals surface area contributed by atoms with Crippen LogP contribution in [0.1, 0.15) is 74.1 Å². The van der Waals surface area contributed by atoms with Crippen molar-refractivity contribution in [3.63, 3.8) is 0 Å². The van der Waals surface area contributed by atoms with Crippen molar-refractivity contribution in [2.45, 2.75) is 76.7 Å². The summed E-state index contributed by atoms with van der Waals surface area (Å²) in [5.74, 6) is 1.24. The minimum Gasteiger partial charge on any atom is -0.422 e. The second-order valence-corrected chi connectivity index (χ2v) is 14.3. The molecule has 0 radical (unpaired) electrons. The minimum atomic E-state index is -1.90. The zero-order valence-electron chi connectivity index (χ0n) is 16.8. The Hall–Kier alpha value is -1.58. The topological polar surface area (TPSA) is 90.1 Å². The van der Waals surface area contributed by atoms with Crippen molar-refractivity contribution in [1.82, 2.24) is 20.5 Å². The number of hydrogen-bond donors (Lipinski definition) is 1. The lowest BCUT2D eigenvalue weighted by molar-refractivity contribution is 0.0901. The van der Waals surface area contributed by atoms with Gasteiger partial charge in [0.25, 0.3) is 5.91 Å². The summed E-state index contributed by atoms with van der Waals surface area (Å²) < 4.78 is 12.2. The normalized spacial score (nSPS) is 21.6. The smallest absolute Gasteiger partial charge is 0.280 e. The molecule has 3 rings (SSSR count). The third kappa shape index (κ3) is 4.47. The summed E-state index contributed by atoms with van der Waals surface area (Å²) in [5, 5.41) is 13.8. The molecule has 1 atom stereocenters. The molecule has 0 aromatic carbocycles. The molecular weight excluding hydrogens is 380 g/mol. The van der Waals surface area contributed by atoms with Crippen molar-refractivity contribution in [2.75, 3.05) is 0 Å². The van der Waals surface area contributed by atoms with E-state index < -0.39 is 8.32 Å². The Balaban J connectivity index is 1.52. The summed E-state index contributed by atoms with van der Waals surface area (Å²) >= 11 is 1.34. The molecular formula is C18H28N4O3SSi. The lowest BCUT2D eigenvalue weighted by atomic mass is 9.80. The van der Waals surface area contributed by atoms with E-state index in [0.29, 0.717) is 16.8 Å². The molecule has 0 bridgehead atoms. The second kappa shape index (κ2) is 7.44. The van der Waals surface area contributed by atoms with Gasteiger partial charge in [0, 0.05) is 23.5 Å². The van der Waals surface area contributed by atoms with Gasteiger partial charge < -0.3 is 14.2 Å². The van der Waals surface area contributed by atoms with E-state index in [-0.39, 0.29) is 29.0 Å². The van der Waals surface area contributed by atoms with Crippen LogP contribution in [-0.2, 0) is 4.43 Å². The maximum absolute atomic E-state index is 12.0. The first-order chi connectivity index (χ1) is 12.6. The highest BCUT2D eigenvalue weighted by atomic mass is 32.1. The van der Waals surface area contributed by atoms with Gasteiger partial charge in [-0.15, -0.1) is 21.5 Å². The van der Waals surface area contributed by atoms with Crippen molar-refractivity contribution >= 4 is 25.6 Å². The lowest BCUT2D eigenvalue weighted by Gasteiger charge is -2.37. The number of hydrogen-bond acceptors (Lipinski definition) is 7. The highest BCUT2D eigenvalue weighted by Gasteiger charge is 2.40. The SMILES string of the molecule is CC(O[Si](C)(C)C(C)(C)C)c1nnc(C2CC(NC(=O)c3nccs3)C2)o1. The van der Waals surface area contributed by atoms with Crippen LogP contribution in [0.3, 0.4) is 0 Å². The number of thiazole rings is 1.